The Hall–Kier alpha value is -2.98. The first-order chi connectivity index (χ1) is 20.0. The van der Waals surface area contributed by atoms with Crippen LogP contribution in [0.25, 0.3) is 0 Å². The summed E-state index contributed by atoms with van der Waals surface area (Å²) in [4.78, 5) is 24.5. The molecule has 7 nitrogen and oxygen atoms in total. The summed E-state index contributed by atoms with van der Waals surface area (Å²) in [7, 11) is 1.84. The normalized spacial score (nSPS) is 16.4. The second-order valence-corrected chi connectivity index (χ2v) is 12.3. The van der Waals surface area contributed by atoms with Gasteiger partial charge in [-0.05, 0) is 60.9 Å². The van der Waals surface area contributed by atoms with Crippen LogP contribution in [-0.2, 0) is 11.3 Å². The van der Waals surface area contributed by atoms with E-state index in [9.17, 15) is 4.79 Å². The molecule has 3 heterocycles. The number of pyridine rings is 1. The fraction of sp³-hybridized carbons (Fsp3) is 0.406. The number of thiocarbonyl (C=S) groups is 1. The number of piperidine rings is 1. The van der Waals surface area contributed by atoms with Crippen molar-refractivity contribution in [1.82, 2.24) is 19.7 Å². The zero-order chi connectivity index (χ0) is 28.4. The third-order valence-corrected chi connectivity index (χ3v) is 9.08. The fourth-order valence-electron chi connectivity index (χ4n) is 5.24. The van der Waals surface area contributed by atoms with Crippen molar-refractivity contribution in [3.8, 4) is 11.5 Å². The molecule has 216 valence electrons. The molecule has 2 aromatic carbocycles. The molecule has 0 aliphatic carbocycles. The number of aromatic nitrogens is 1. The van der Waals surface area contributed by atoms with Crippen LogP contribution < -0.4 is 4.74 Å². The van der Waals surface area contributed by atoms with Gasteiger partial charge in [0.2, 0.25) is 0 Å². The fourth-order valence-corrected chi connectivity index (χ4v) is 6.56. The minimum atomic E-state index is -0.0465. The van der Waals surface area contributed by atoms with Gasteiger partial charge >= 0.3 is 0 Å². The maximum absolute atomic E-state index is 13.2. The number of nitrogens with zero attached hydrogens (tertiary/aromatic N) is 4. The number of likely N-dealkylation sites (tertiary alicyclic amines) is 1. The lowest BCUT2D eigenvalue weighted by atomic mass is 9.92. The van der Waals surface area contributed by atoms with E-state index in [0.717, 1.165) is 85.9 Å². The van der Waals surface area contributed by atoms with Crippen molar-refractivity contribution < 1.29 is 14.3 Å². The second-order valence-electron chi connectivity index (χ2n) is 10.5. The minimum absolute atomic E-state index is 0.0465. The molecule has 9 heteroatoms. The van der Waals surface area contributed by atoms with Crippen LogP contribution >= 0.6 is 24.0 Å². The van der Waals surface area contributed by atoms with Crippen LogP contribution in [0.1, 0.15) is 40.4 Å². The number of morpholine rings is 1. The highest BCUT2D eigenvalue weighted by atomic mass is 32.2. The van der Waals surface area contributed by atoms with Crippen LogP contribution in [0.2, 0.25) is 0 Å². The third kappa shape index (κ3) is 8.52. The number of rotatable bonds is 9. The summed E-state index contributed by atoms with van der Waals surface area (Å²) in [5, 5.41) is 0. The summed E-state index contributed by atoms with van der Waals surface area (Å²) < 4.78 is 12.4. The summed E-state index contributed by atoms with van der Waals surface area (Å²) in [5.74, 6) is 2.77. The quantitative estimate of drug-likeness (QED) is 0.295. The maximum Gasteiger partial charge on any atom is 0.254 e. The van der Waals surface area contributed by atoms with Gasteiger partial charge in [-0.3, -0.25) is 14.7 Å². The van der Waals surface area contributed by atoms with Crippen LogP contribution in [0.5, 0.6) is 11.5 Å². The molecule has 2 saturated heterocycles. The number of benzene rings is 2. The summed E-state index contributed by atoms with van der Waals surface area (Å²) >= 11 is 7.55. The van der Waals surface area contributed by atoms with Crippen molar-refractivity contribution in [3.05, 3.63) is 89.7 Å². The summed E-state index contributed by atoms with van der Waals surface area (Å²) in [6.07, 6.45) is 3.93. The molecule has 0 unspecified atom stereocenters. The molecule has 2 aliphatic heterocycles. The number of thioether (sulfide) groups is 1. The molecule has 0 radical (unpaired) electrons. The van der Waals surface area contributed by atoms with Crippen molar-refractivity contribution in [2.45, 2.75) is 25.3 Å². The monoisotopic (exact) mass is 590 g/mol. The number of hydrogen-bond acceptors (Lipinski definition) is 7. The molecule has 41 heavy (non-hydrogen) atoms. The van der Waals surface area contributed by atoms with Crippen LogP contribution in [0.15, 0.2) is 72.9 Å². The highest BCUT2D eigenvalue weighted by Gasteiger charge is 2.24. The van der Waals surface area contributed by atoms with Crippen LogP contribution in [-0.4, -0.2) is 88.6 Å². The third-order valence-electron chi connectivity index (χ3n) is 7.58. The van der Waals surface area contributed by atoms with E-state index in [-0.39, 0.29) is 5.91 Å². The van der Waals surface area contributed by atoms with Gasteiger partial charge < -0.3 is 19.3 Å². The SMILES string of the molecule is CN(Cc1ccnc(C2CCN(C(=S)SCCN3CCOCC3)CC2)c1)C(=O)c1cccc(Oc2ccccc2)c1. The number of hydrogen-bond donors (Lipinski definition) is 0. The van der Waals surface area contributed by atoms with E-state index in [1.165, 1.54) is 0 Å². The number of ether oxygens (including phenoxy) is 2. The molecule has 2 aliphatic rings. The maximum atomic E-state index is 13.2. The van der Waals surface area contributed by atoms with Crippen molar-refractivity contribution >= 4 is 34.2 Å². The van der Waals surface area contributed by atoms with Crippen molar-refractivity contribution in [1.29, 1.82) is 0 Å². The van der Waals surface area contributed by atoms with Gasteiger partial charge in [-0.25, -0.2) is 0 Å². The van der Waals surface area contributed by atoms with E-state index in [0.29, 0.717) is 23.8 Å². The van der Waals surface area contributed by atoms with Gasteiger partial charge in [-0.2, -0.15) is 0 Å². The summed E-state index contributed by atoms with van der Waals surface area (Å²) in [6, 6.07) is 21.1. The molecule has 1 aromatic heterocycles. The average Bonchev–Trinajstić information content (AvgIpc) is 3.02. The Balaban J connectivity index is 1.10. The number of para-hydroxylation sites is 1. The highest BCUT2D eigenvalue weighted by molar-refractivity contribution is 8.22. The summed E-state index contributed by atoms with van der Waals surface area (Å²) in [5.41, 5.74) is 2.78. The minimum Gasteiger partial charge on any atom is -0.457 e. The molecular formula is C32H38N4O3S2. The van der Waals surface area contributed by atoms with Gasteiger partial charge in [0.1, 0.15) is 15.8 Å². The zero-order valence-corrected chi connectivity index (χ0v) is 25.2. The number of carbonyl (C=O) groups is 1. The molecule has 5 rings (SSSR count). The Morgan fingerprint density at radius 2 is 1.78 bits per heavy atom. The van der Waals surface area contributed by atoms with Crippen molar-refractivity contribution in [3.63, 3.8) is 0 Å². The predicted octanol–water partition coefficient (Wildman–Crippen LogP) is 5.68. The smallest absolute Gasteiger partial charge is 0.254 e. The summed E-state index contributed by atoms with van der Waals surface area (Å²) in [6.45, 7) is 7.20. The molecule has 2 fully saturated rings. The zero-order valence-electron chi connectivity index (χ0n) is 23.6. The van der Waals surface area contributed by atoms with E-state index < -0.39 is 0 Å². The Labute approximate surface area is 252 Å². The molecule has 0 N–H and O–H groups in total. The lowest BCUT2D eigenvalue weighted by Gasteiger charge is -2.33. The van der Waals surface area contributed by atoms with E-state index in [1.54, 1.807) is 22.7 Å². The second kappa shape index (κ2) is 14.8. The largest absolute Gasteiger partial charge is 0.457 e. The molecule has 3 aromatic rings. The van der Waals surface area contributed by atoms with Gasteiger partial charge in [0.15, 0.2) is 0 Å². The van der Waals surface area contributed by atoms with Gasteiger partial charge in [-0.1, -0.05) is 48.2 Å². The number of amides is 1. The Morgan fingerprint density at radius 3 is 2.56 bits per heavy atom. The van der Waals surface area contributed by atoms with Gasteiger partial charge in [0, 0.05) is 75.4 Å². The Bertz CT molecular complexity index is 1290. The number of carbonyl (C=O) groups excluding carboxylic acids is 1. The standard InChI is InChI=1S/C32H38N4O3S2/c1-34(31(37)27-6-5-9-29(23-27)39-28-7-3-2-4-8-28)24-25-10-13-33-30(22-25)26-11-14-36(15-12-26)32(40)41-21-18-35-16-19-38-20-17-35/h2-10,13,22-23,26H,11-12,14-21,24H2,1H3. The van der Waals surface area contributed by atoms with E-state index >= 15 is 0 Å². The van der Waals surface area contributed by atoms with Crippen LogP contribution in [0, 0.1) is 0 Å². The lowest BCUT2D eigenvalue weighted by molar-refractivity contribution is 0.0410. The van der Waals surface area contributed by atoms with Crippen molar-refractivity contribution in [2.24, 2.45) is 0 Å². The Morgan fingerprint density at radius 1 is 1.02 bits per heavy atom. The van der Waals surface area contributed by atoms with Crippen LogP contribution in [0.4, 0.5) is 0 Å². The van der Waals surface area contributed by atoms with Gasteiger partial charge in [0.05, 0.1) is 13.2 Å². The topological polar surface area (TPSA) is 58.1 Å². The molecule has 0 bridgehead atoms. The molecule has 0 saturated carbocycles. The lowest BCUT2D eigenvalue weighted by Crippen LogP contribution is -2.39. The average molecular weight is 591 g/mol. The van der Waals surface area contributed by atoms with E-state index in [4.69, 9.17) is 26.7 Å². The Kier molecular flexibility index (Phi) is 10.6. The van der Waals surface area contributed by atoms with E-state index in [2.05, 4.69) is 15.9 Å². The van der Waals surface area contributed by atoms with Crippen molar-refractivity contribution in [2.75, 3.05) is 58.7 Å². The first-order valence-corrected chi connectivity index (χ1v) is 15.7. The van der Waals surface area contributed by atoms with Gasteiger partial charge in [0.25, 0.3) is 5.91 Å². The molecule has 0 spiro atoms. The van der Waals surface area contributed by atoms with Gasteiger partial charge in [-0.15, -0.1) is 0 Å². The molecule has 0 atom stereocenters. The first-order valence-electron chi connectivity index (χ1n) is 14.3. The molecule has 1 amide bonds. The van der Waals surface area contributed by atoms with E-state index in [1.807, 2.05) is 67.8 Å². The predicted molar refractivity (Wildman–Crippen MR) is 169 cm³/mol. The highest BCUT2D eigenvalue weighted by Crippen LogP contribution is 2.29. The van der Waals surface area contributed by atoms with Crippen LogP contribution in [0.3, 0.4) is 0 Å². The molecular weight excluding hydrogens is 553 g/mol. The first kappa shape index (κ1) is 29.5.